The summed E-state index contributed by atoms with van der Waals surface area (Å²) in [5, 5.41) is 2.43. The average Bonchev–Trinajstić information content (AvgIpc) is 2.43. The summed E-state index contributed by atoms with van der Waals surface area (Å²) in [5.74, 6) is -0.827. The van der Waals surface area contributed by atoms with Crippen molar-refractivity contribution in [1.29, 1.82) is 0 Å². The minimum atomic E-state index is -0.350. The normalized spacial score (nSPS) is 15.9. The van der Waals surface area contributed by atoms with Gasteiger partial charge in [0, 0.05) is 18.4 Å². The van der Waals surface area contributed by atoms with Crippen molar-refractivity contribution in [2.45, 2.75) is 19.8 Å². The van der Waals surface area contributed by atoms with Crippen LogP contribution in [0.5, 0.6) is 0 Å². The summed E-state index contributed by atoms with van der Waals surface area (Å²) in [4.78, 5) is 34.3. The number of hydrogen-bond donors (Lipinski definition) is 1. The zero-order valence-corrected chi connectivity index (χ0v) is 8.00. The van der Waals surface area contributed by atoms with Gasteiger partial charge < -0.3 is 5.32 Å². The van der Waals surface area contributed by atoms with E-state index in [1.165, 1.54) is 0 Å². The van der Waals surface area contributed by atoms with E-state index in [0.717, 1.165) is 4.90 Å². The number of carbonyl (C=O) groups excluding carboxylic acids is 3. The van der Waals surface area contributed by atoms with Crippen LogP contribution >= 0.6 is 0 Å². The summed E-state index contributed by atoms with van der Waals surface area (Å²) in [6.07, 6.45) is 0.476. The monoisotopic (exact) mass is 196 g/mol. The lowest BCUT2D eigenvalue weighted by Crippen LogP contribution is -2.40. The molecule has 5 nitrogen and oxygen atoms in total. The standard InChI is InChI=1S/C9H12N2O3/c1-6(2)9(14)10-5-11-7(12)3-4-8(11)13/h1,3-5H2,2H3,(H,10,14). The second-order valence-corrected chi connectivity index (χ2v) is 3.16. The SMILES string of the molecule is C=C(C)C(=O)NCN1C(=O)CCC1=O. The number of imide groups is 1. The van der Waals surface area contributed by atoms with Crippen LogP contribution in [0.1, 0.15) is 19.8 Å². The van der Waals surface area contributed by atoms with Gasteiger partial charge in [0.1, 0.15) is 6.67 Å². The minimum Gasteiger partial charge on any atom is -0.334 e. The van der Waals surface area contributed by atoms with Crippen molar-refractivity contribution in [1.82, 2.24) is 10.2 Å². The third-order valence-electron chi connectivity index (χ3n) is 1.94. The largest absolute Gasteiger partial charge is 0.334 e. The van der Waals surface area contributed by atoms with Gasteiger partial charge in [-0.05, 0) is 6.92 Å². The van der Waals surface area contributed by atoms with Crippen LogP contribution in [0.25, 0.3) is 0 Å². The third-order valence-corrected chi connectivity index (χ3v) is 1.94. The second kappa shape index (κ2) is 4.04. The molecule has 0 aromatic heterocycles. The van der Waals surface area contributed by atoms with Gasteiger partial charge in [-0.3, -0.25) is 19.3 Å². The van der Waals surface area contributed by atoms with Gasteiger partial charge in [0.2, 0.25) is 17.7 Å². The Balaban J connectivity index is 2.45. The molecule has 14 heavy (non-hydrogen) atoms. The van der Waals surface area contributed by atoms with E-state index < -0.39 is 0 Å². The van der Waals surface area contributed by atoms with Crippen molar-refractivity contribution in [2.24, 2.45) is 0 Å². The number of rotatable bonds is 3. The zero-order chi connectivity index (χ0) is 10.7. The highest BCUT2D eigenvalue weighted by Gasteiger charge is 2.28. The molecule has 0 spiro atoms. The van der Waals surface area contributed by atoms with Gasteiger partial charge >= 0.3 is 0 Å². The van der Waals surface area contributed by atoms with Crippen LogP contribution in [0, 0.1) is 0 Å². The number of nitrogens with zero attached hydrogens (tertiary/aromatic N) is 1. The molecule has 0 radical (unpaired) electrons. The first kappa shape index (κ1) is 10.4. The Hall–Kier alpha value is -1.65. The van der Waals surface area contributed by atoms with Crippen LogP contribution in [0.2, 0.25) is 0 Å². The highest BCUT2D eigenvalue weighted by Crippen LogP contribution is 2.09. The number of likely N-dealkylation sites (tertiary alicyclic amines) is 1. The summed E-state index contributed by atoms with van der Waals surface area (Å²) in [6.45, 7) is 4.94. The Morgan fingerprint density at radius 1 is 1.43 bits per heavy atom. The predicted octanol–water partition coefficient (Wildman–Crippen LogP) is -0.215. The molecular formula is C9H12N2O3. The molecule has 0 atom stereocenters. The first-order chi connectivity index (χ1) is 6.52. The fraction of sp³-hybridized carbons (Fsp3) is 0.444. The molecule has 1 N–H and O–H groups in total. The molecule has 1 rings (SSSR count). The van der Waals surface area contributed by atoms with Gasteiger partial charge in [0.15, 0.2) is 0 Å². The summed E-state index contributed by atoms with van der Waals surface area (Å²) in [6, 6.07) is 0. The smallest absolute Gasteiger partial charge is 0.247 e. The lowest BCUT2D eigenvalue weighted by Gasteiger charge is -2.14. The molecule has 1 aliphatic heterocycles. The first-order valence-electron chi connectivity index (χ1n) is 4.29. The van der Waals surface area contributed by atoms with E-state index in [-0.39, 0.29) is 37.2 Å². The summed E-state index contributed by atoms with van der Waals surface area (Å²) >= 11 is 0. The first-order valence-corrected chi connectivity index (χ1v) is 4.29. The van der Waals surface area contributed by atoms with Gasteiger partial charge in [-0.1, -0.05) is 6.58 Å². The number of nitrogens with one attached hydrogen (secondary N) is 1. The Kier molecular flexibility index (Phi) is 3.01. The number of hydrogen-bond acceptors (Lipinski definition) is 3. The molecule has 0 aromatic rings. The van der Waals surface area contributed by atoms with E-state index in [2.05, 4.69) is 11.9 Å². The van der Waals surface area contributed by atoms with E-state index in [0.29, 0.717) is 5.57 Å². The maximum absolute atomic E-state index is 11.1. The van der Waals surface area contributed by atoms with Crippen molar-refractivity contribution in [2.75, 3.05) is 6.67 Å². The summed E-state index contributed by atoms with van der Waals surface area (Å²) in [7, 11) is 0. The molecule has 5 heteroatoms. The molecule has 0 bridgehead atoms. The Morgan fingerprint density at radius 3 is 2.36 bits per heavy atom. The fourth-order valence-corrected chi connectivity index (χ4v) is 1.10. The van der Waals surface area contributed by atoms with Crippen LogP contribution < -0.4 is 5.32 Å². The van der Waals surface area contributed by atoms with E-state index in [4.69, 9.17) is 0 Å². The molecule has 1 fully saturated rings. The highest BCUT2D eigenvalue weighted by molar-refractivity contribution is 6.02. The van der Waals surface area contributed by atoms with Gasteiger partial charge in [0.05, 0.1) is 0 Å². The van der Waals surface area contributed by atoms with Gasteiger partial charge in [-0.25, -0.2) is 0 Å². The topological polar surface area (TPSA) is 66.5 Å². The zero-order valence-electron chi connectivity index (χ0n) is 8.00. The van der Waals surface area contributed by atoms with Crippen LogP contribution in [0.4, 0.5) is 0 Å². The van der Waals surface area contributed by atoms with Gasteiger partial charge in [-0.15, -0.1) is 0 Å². The number of carbonyl (C=O) groups is 3. The predicted molar refractivity (Wildman–Crippen MR) is 48.9 cm³/mol. The Labute approximate surface area is 81.8 Å². The molecule has 3 amide bonds. The molecule has 0 aliphatic carbocycles. The maximum Gasteiger partial charge on any atom is 0.247 e. The van der Waals surface area contributed by atoms with Crippen LogP contribution in [0.15, 0.2) is 12.2 Å². The van der Waals surface area contributed by atoms with E-state index in [9.17, 15) is 14.4 Å². The Bertz CT molecular complexity index is 293. The molecule has 0 unspecified atom stereocenters. The van der Waals surface area contributed by atoms with Gasteiger partial charge in [0.25, 0.3) is 0 Å². The van der Waals surface area contributed by atoms with Gasteiger partial charge in [-0.2, -0.15) is 0 Å². The van der Waals surface area contributed by atoms with Crippen LogP contribution in [-0.2, 0) is 14.4 Å². The third kappa shape index (κ3) is 2.18. The molecular weight excluding hydrogens is 184 g/mol. The van der Waals surface area contributed by atoms with Crippen molar-refractivity contribution >= 4 is 17.7 Å². The maximum atomic E-state index is 11.1. The molecule has 0 aromatic carbocycles. The van der Waals surface area contributed by atoms with Crippen molar-refractivity contribution in [3.05, 3.63) is 12.2 Å². The van der Waals surface area contributed by atoms with Crippen LogP contribution in [-0.4, -0.2) is 29.3 Å². The second-order valence-electron chi connectivity index (χ2n) is 3.16. The van der Waals surface area contributed by atoms with Crippen molar-refractivity contribution in [3.63, 3.8) is 0 Å². The quantitative estimate of drug-likeness (QED) is 0.501. The average molecular weight is 196 g/mol. The molecule has 76 valence electrons. The lowest BCUT2D eigenvalue weighted by molar-refractivity contribution is -0.139. The molecule has 1 aliphatic rings. The molecule has 1 heterocycles. The van der Waals surface area contributed by atoms with Crippen LogP contribution in [0.3, 0.4) is 0 Å². The minimum absolute atomic E-state index is 0.0522. The summed E-state index contributed by atoms with van der Waals surface area (Å²) in [5.41, 5.74) is 0.351. The fourth-order valence-electron chi connectivity index (χ4n) is 1.10. The summed E-state index contributed by atoms with van der Waals surface area (Å²) < 4.78 is 0. The number of amides is 3. The molecule has 0 saturated carbocycles. The van der Waals surface area contributed by atoms with E-state index in [1.54, 1.807) is 6.92 Å². The van der Waals surface area contributed by atoms with Crippen molar-refractivity contribution in [3.8, 4) is 0 Å². The lowest BCUT2D eigenvalue weighted by atomic mass is 10.3. The molecule has 1 saturated heterocycles. The van der Waals surface area contributed by atoms with Crippen molar-refractivity contribution < 1.29 is 14.4 Å². The highest BCUT2D eigenvalue weighted by atomic mass is 16.2. The van der Waals surface area contributed by atoms with E-state index >= 15 is 0 Å². The Morgan fingerprint density at radius 2 is 1.93 bits per heavy atom. The van der Waals surface area contributed by atoms with E-state index in [1.807, 2.05) is 0 Å².